The summed E-state index contributed by atoms with van der Waals surface area (Å²) in [5.74, 6) is 1.31. The minimum Gasteiger partial charge on any atom is -0.342 e. The van der Waals surface area contributed by atoms with Crippen LogP contribution in [0.25, 0.3) is 0 Å². The molecular weight excluding hydrogens is 308 g/mol. The van der Waals surface area contributed by atoms with E-state index in [0.29, 0.717) is 12.3 Å². The van der Waals surface area contributed by atoms with Crippen LogP contribution in [-0.4, -0.2) is 38.8 Å². The first-order chi connectivity index (χ1) is 11.0. The second kappa shape index (κ2) is 6.74. The van der Waals surface area contributed by atoms with E-state index in [9.17, 15) is 4.79 Å². The molecule has 0 bridgehead atoms. The Bertz CT molecular complexity index is 712. The fraction of sp³-hybridized carbons (Fsp3) is 0.529. The third kappa shape index (κ3) is 3.75. The molecule has 0 N–H and O–H groups in total. The van der Waals surface area contributed by atoms with E-state index in [1.807, 2.05) is 37.9 Å². The molecule has 1 saturated heterocycles. The monoisotopic (exact) mass is 330 g/mol. The summed E-state index contributed by atoms with van der Waals surface area (Å²) in [4.78, 5) is 28.8. The lowest BCUT2D eigenvalue weighted by atomic mass is 9.94. The molecule has 0 spiro atoms. The van der Waals surface area contributed by atoms with Crippen LogP contribution in [0.15, 0.2) is 12.3 Å². The van der Waals surface area contributed by atoms with Crippen molar-refractivity contribution in [2.24, 2.45) is 0 Å². The molecule has 23 heavy (non-hydrogen) atoms. The standard InChI is InChI=1S/C17H22N4OS/c1-11-16(23-13(3)19-11)9-17(22)21-8-4-5-14(10-21)15-6-7-18-12(2)20-15/h6-7,14H,4-5,8-10H2,1-3H3/t14-/m0/s1. The first kappa shape index (κ1) is 16.1. The van der Waals surface area contributed by atoms with Gasteiger partial charge in [0.15, 0.2) is 0 Å². The smallest absolute Gasteiger partial charge is 0.227 e. The van der Waals surface area contributed by atoms with Gasteiger partial charge >= 0.3 is 0 Å². The predicted octanol–water partition coefficient (Wildman–Crippen LogP) is 2.81. The quantitative estimate of drug-likeness (QED) is 0.868. The molecule has 3 heterocycles. The van der Waals surface area contributed by atoms with Crippen LogP contribution >= 0.6 is 11.3 Å². The van der Waals surface area contributed by atoms with E-state index in [0.717, 1.165) is 53.0 Å². The fourth-order valence-corrected chi connectivity index (χ4v) is 4.06. The minimum atomic E-state index is 0.201. The Morgan fingerprint density at radius 2 is 2.17 bits per heavy atom. The summed E-state index contributed by atoms with van der Waals surface area (Å²) in [6, 6.07) is 1.97. The first-order valence-corrected chi connectivity index (χ1v) is 8.85. The van der Waals surface area contributed by atoms with E-state index < -0.39 is 0 Å². The molecule has 2 aromatic rings. The van der Waals surface area contributed by atoms with Crippen molar-refractivity contribution >= 4 is 17.2 Å². The molecule has 0 radical (unpaired) electrons. The van der Waals surface area contributed by atoms with Crippen LogP contribution in [0.4, 0.5) is 0 Å². The molecule has 122 valence electrons. The predicted molar refractivity (Wildman–Crippen MR) is 90.6 cm³/mol. The molecule has 0 aromatic carbocycles. The number of rotatable bonds is 3. The molecule has 1 aliphatic rings. The lowest BCUT2D eigenvalue weighted by Crippen LogP contribution is -2.40. The Hall–Kier alpha value is -1.82. The second-order valence-electron chi connectivity index (χ2n) is 6.13. The Balaban J connectivity index is 1.68. The van der Waals surface area contributed by atoms with Crippen LogP contribution in [0.3, 0.4) is 0 Å². The number of aromatic nitrogens is 3. The maximum atomic E-state index is 12.6. The van der Waals surface area contributed by atoms with Crippen molar-refractivity contribution in [3.63, 3.8) is 0 Å². The third-order valence-electron chi connectivity index (χ3n) is 4.30. The van der Waals surface area contributed by atoms with Crippen molar-refractivity contribution < 1.29 is 4.79 Å². The topological polar surface area (TPSA) is 59.0 Å². The van der Waals surface area contributed by atoms with Gasteiger partial charge in [0, 0.05) is 35.8 Å². The van der Waals surface area contributed by atoms with Gasteiger partial charge < -0.3 is 4.90 Å². The van der Waals surface area contributed by atoms with Crippen LogP contribution in [0.5, 0.6) is 0 Å². The van der Waals surface area contributed by atoms with Gasteiger partial charge in [-0.15, -0.1) is 11.3 Å². The van der Waals surface area contributed by atoms with Gasteiger partial charge in [0.2, 0.25) is 5.91 Å². The van der Waals surface area contributed by atoms with Crippen molar-refractivity contribution in [2.75, 3.05) is 13.1 Å². The van der Waals surface area contributed by atoms with Crippen LogP contribution in [-0.2, 0) is 11.2 Å². The number of aryl methyl sites for hydroxylation is 3. The normalized spacial score (nSPS) is 18.2. The highest BCUT2D eigenvalue weighted by Crippen LogP contribution is 2.26. The van der Waals surface area contributed by atoms with Gasteiger partial charge in [0.1, 0.15) is 5.82 Å². The van der Waals surface area contributed by atoms with E-state index in [1.165, 1.54) is 0 Å². The summed E-state index contributed by atoms with van der Waals surface area (Å²) < 4.78 is 0. The highest BCUT2D eigenvalue weighted by Gasteiger charge is 2.26. The Morgan fingerprint density at radius 1 is 1.35 bits per heavy atom. The SMILES string of the molecule is Cc1nccc([C@H]2CCCN(C(=O)Cc3sc(C)nc3C)C2)n1. The van der Waals surface area contributed by atoms with Crippen LogP contribution in [0.2, 0.25) is 0 Å². The van der Waals surface area contributed by atoms with E-state index in [2.05, 4.69) is 15.0 Å². The van der Waals surface area contributed by atoms with Crippen molar-refractivity contribution in [2.45, 2.75) is 46.0 Å². The molecule has 2 aromatic heterocycles. The lowest BCUT2D eigenvalue weighted by molar-refractivity contribution is -0.131. The largest absolute Gasteiger partial charge is 0.342 e. The molecular formula is C17H22N4OS. The number of carbonyl (C=O) groups excluding carboxylic acids is 1. The summed E-state index contributed by atoms with van der Waals surface area (Å²) >= 11 is 1.63. The fourth-order valence-electron chi connectivity index (χ4n) is 3.13. The molecule has 1 aliphatic heterocycles. The molecule has 0 saturated carbocycles. The van der Waals surface area contributed by atoms with Crippen molar-refractivity contribution in [1.29, 1.82) is 0 Å². The van der Waals surface area contributed by atoms with Gasteiger partial charge in [-0.1, -0.05) is 0 Å². The number of likely N-dealkylation sites (tertiary alicyclic amines) is 1. The van der Waals surface area contributed by atoms with Gasteiger partial charge in [-0.25, -0.2) is 15.0 Å². The summed E-state index contributed by atoms with van der Waals surface area (Å²) in [5, 5.41) is 1.03. The molecule has 0 aliphatic carbocycles. The molecule has 0 unspecified atom stereocenters. The number of thiazole rings is 1. The number of nitrogens with zero attached hydrogens (tertiary/aromatic N) is 4. The highest BCUT2D eigenvalue weighted by molar-refractivity contribution is 7.11. The highest BCUT2D eigenvalue weighted by atomic mass is 32.1. The average molecular weight is 330 g/mol. The molecule has 3 rings (SSSR count). The minimum absolute atomic E-state index is 0.201. The summed E-state index contributed by atoms with van der Waals surface area (Å²) in [6.07, 6.45) is 4.38. The number of hydrogen-bond donors (Lipinski definition) is 0. The lowest BCUT2D eigenvalue weighted by Gasteiger charge is -2.32. The zero-order valence-electron chi connectivity index (χ0n) is 13.9. The van der Waals surface area contributed by atoms with Crippen molar-refractivity contribution in [3.8, 4) is 0 Å². The number of hydrogen-bond acceptors (Lipinski definition) is 5. The van der Waals surface area contributed by atoms with E-state index in [-0.39, 0.29) is 5.91 Å². The maximum Gasteiger partial charge on any atom is 0.227 e. The second-order valence-corrected chi connectivity index (χ2v) is 7.41. The van der Waals surface area contributed by atoms with Gasteiger partial charge in [0.25, 0.3) is 0 Å². The zero-order chi connectivity index (χ0) is 16.4. The molecule has 1 fully saturated rings. The van der Waals surface area contributed by atoms with Gasteiger partial charge in [0.05, 0.1) is 17.1 Å². The zero-order valence-corrected chi connectivity index (χ0v) is 14.7. The summed E-state index contributed by atoms with van der Waals surface area (Å²) in [6.45, 7) is 7.47. The number of piperidine rings is 1. The van der Waals surface area contributed by atoms with E-state index in [1.54, 1.807) is 11.3 Å². The van der Waals surface area contributed by atoms with Crippen LogP contribution < -0.4 is 0 Å². The van der Waals surface area contributed by atoms with Gasteiger partial charge in [-0.2, -0.15) is 0 Å². The van der Waals surface area contributed by atoms with Crippen LogP contribution in [0, 0.1) is 20.8 Å². The Labute approximate surface area is 140 Å². The molecule has 5 nitrogen and oxygen atoms in total. The number of carbonyl (C=O) groups is 1. The average Bonchev–Trinajstić information content (AvgIpc) is 2.85. The van der Waals surface area contributed by atoms with Crippen molar-refractivity contribution in [3.05, 3.63) is 39.4 Å². The van der Waals surface area contributed by atoms with Crippen molar-refractivity contribution in [1.82, 2.24) is 19.9 Å². The Morgan fingerprint density at radius 3 is 2.87 bits per heavy atom. The van der Waals surface area contributed by atoms with Crippen LogP contribution in [0.1, 0.15) is 45.9 Å². The van der Waals surface area contributed by atoms with E-state index in [4.69, 9.17) is 0 Å². The summed E-state index contributed by atoms with van der Waals surface area (Å²) in [5.41, 5.74) is 2.04. The third-order valence-corrected chi connectivity index (χ3v) is 5.37. The van der Waals surface area contributed by atoms with Gasteiger partial charge in [-0.05, 0) is 39.7 Å². The first-order valence-electron chi connectivity index (χ1n) is 8.03. The van der Waals surface area contributed by atoms with Gasteiger partial charge in [-0.3, -0.25) is 4.79 Å². The Kier molecular flexibility index (Phi) is 4.71. The number of amides is 1. The maximum absolute atomic E-state index is 12.6. The summed E-state index contributed by atoms with van der Waals surface area (Å²) in [7, 11) is 0. The van der Waals surface area contributed by atoms with E-state index >= 15 is 0 Å². The molecule has 6 heteroatoms. The molecule has 1 atom stereocenters. The molecule has 1 amide bonds.